The van der Waals surface area contributed by atoms with Crippen LogP contribution in [0.5, 0.6) is 11.5 Å². The minimum absolute atomic E-state index is 0.00268. The van der Waals surface area contributed by atoms with Crippen molar-refractivity contribution in [1.29, 1.82) is 0 Å². The van der Waals surface area contributed by atoms with Crippen molar-refractivity contribution in [2.24, 2.45) is 5.10 Å². The molecule has 0 aliphatic rings. The molecule has 154 valence electrons. The van der Waals surface area contributed by atoms with E-state index in [2.05, 4.69) is 31.8 Å². The molecule has 0 heterocycles. The van der Waals surface area contributed by atoms with Crippen molar-refractivity contribution in [1.82, 2.24) is 5.43 Å². The number of benzene rings is 2. The Morgan fingerprint density at radius 1 is 1.17 bits per heavy atom. The Labute approximate surface area is 178 Å². The fourth-order valence-corrected chi connectivity index (χ4v) is 2.94. The molecule has 0 aliphatic heterocycles. The number of aromatic hydroxyl groups is 1. The fraction of sp³-hybridized carbons (Fsp3) is 0.286. The van der Waals surface area contributed by atoms with E-state index in [1.54, 1.807) is 12.1 Å². The van der Waals surface area contributed by atoms with E-state index >= 15 is 0 Å². The van der Waals surface area contributed by atoms with Crippen molar-refractivity contribution >= 4 is 39.6 Å². The molecular weight excluding hydrogens is 438 g/mol. The zero-order chi connectivity index (χ0) is 21.4. The quantitative estimate of drug-likeness (QED) is 0.407. The number of hydrogen-bond donors (Lipinski definition) is 3. The highest BCUT2D eigenvalue weighted by Crippen LogP contribution is 2.35. The van der Waals surface area contributed by atoms with Crippen molar-refractivity contribution < 1.29 is 19.4 Å². The maximum atomic E-state index is 12.1. The van der Waals surface area contributed by atoms with Gasteiger partial charge in [-0.25, -0.2) is 5.43 Å². The van der Waals surface area contributed by atoms with E-state index in [9.17, 15) is 14.7 Å². The van der Waals surface area contributed by atoms with Gasteiger partial charge in [0.05, 0.1) is 17.3 Å². The summed E-state index contributed by atoms with van der Waals surface area (Å²) in [6, 6.07) is 9.05. The zero-order valence-corrected chi connectivity index (χ0v) is 18.2. The first-order chi connectivity index (χ1) is 13.8. The molecular formula is C21H24BrN3O4. The average Bonchev–Trinajstić information content (AvgIpc) is 2.67. The molecule has 2 aromatic rings. The summed E-state index contributed by atoms with van der Waals surface area (Å²) in [5.41, 5.74) is 5.78. The number of aryl methyl sites for hydroxylation is 2. The van der Waals surface area contributed by atoms with Gasteiger partial charge in [-0.1, -0.05) is 12.1 Å². The van der Waals surface area contributed by atoms with Crippen LogP contribution in [0.1, 0.15) is 36.5 Å². The highest BCUT2D eigenvalue weighted by atomic mass is 79.9. The van der Waals surface area contributed by atoms with Gasteiger partial charge in [-0.05, 0) is 71.6 Å². The van der Waals surface area contributed by atoms with Crippen LogP contribution in [0.2, 0.25) is 0 Å². The van der Waals surface area contributed by atoms with Crippen molar-refractivity contribution in [2.45, 2.75) is 33.6 Å². The lowest BCUT2D eigenvalue weighted by molar-refractivity contribution is -0.124. The van der Waals surface area contributed by atoms with E-state index in [0.29, 0.717) is 22.4 Å². The highest BCUT2D eigenvalue weighted by Gasteiger charge is 2.10. The minimum atomic E-state index is -0.375. The van der Waals surface area contributed by atoms with Crippen LogP contribution < -0.4 is 15.5 Å². The lowest BCUT2D eigenvalue weighted by atomic mass is 10.1. The van der Waals surface area contributed by atoms with Crippen LogP contribution >= 0.6 is 15.9 Å². The summed E-state index contributed by atoms with van der Waals surface area (Å²) < 4.78 is 5.80. The molecule has 0 radical (unpaired) electrons. The number of halogens is 1. The number of ether oxygens (including phenoxy) is 1. The molecule has 0 aromatic heterocycles. The lowest BCUT2D eigenvalue weighted by Gasteiger charge is -2.09. The van der Waals surface area contributed by atoms with Gasteiger partial charge < -0.3 is 15.2 Å². The van der Waals surface area contributed by atoms with Gasteiger partial charge in [0.1, 0.15) is 0 Å². The number of amides is 2. The smallest absolute Gasteiger partial charge is 0.240 e. The minimum Gasteiger partial charge on any atom is -0.503 e. The summed E-state index contributed by atoms with van der Waals surface area (Å²) in [7, 11) is 0. The van der Waals surface area contributed by atoms with Gasteiger partial charge in [-0.15, -0.1) is 0 Å². The Morgan fingerprint density at radius 3 is 2.62 bits per heavy atom. The third kappa shape index (κ3) is 6.90. The van der Waals surface area contributed by atoms with Gasteiger partial charge in [0.25, 0.3) is 0 Å². The Morgan fingerprint density at radius 2 is 1.90 bits per heavy atom. The number of carbonyl (C=O) groups excluding carboxylic acids is 2. The van der Waals surface area contributed by atoms with Crippen LogP contribution in [0.4, 0.5) is 5.69 Å². The standard InChI is InChI=1S/C21H24BrN3O4/c1-4-29-18-11-15(10-16(22)21(18)28)12-23-25-20(27)8-7-19(26)24-17-9-13(2)5-6-14(17)3/h5-6,9-12,28H,4,7-8H2,1-3H3,(H,24,26)(H,25,27). The second-order valence-electron chi connectivity index (χ2n) is 6.44. The molecule has 29 heavy (non-hydrogen) atoms. The number of rotatable bonds is 8. The molecule has 7 nitrogen and oxygen atoms in total. The predicted molar refractivity (Wildman–Crippen MR) is 116 cm³/mol. The third-order valence-electron chi connectivity index (χ3n) is 4.00. The Hall–Kier alpha value is -2.87. The van der Waals surface area contributed by atoms with Gasteiger partial charge in [0.15, 0.2) is 11.5 Å². The molecule has 0 fully saturated rings. The molecule has 0 unspecified atom stereocenters. The summed E-state index contributed by atoms with van der Waals surface area (Å²) in [6.45, 7) is 6.08. The average molecular weight is 462 g/mol. The number of carbonyl (C=O) groups is 2. The van der Waals surface area contributed by atoms with Crippen molar-refractivity contribution in [3.05, 3.63) is 51.5 Å². The van der Waals surface area contributed by atoms with Gasteiger partial charge in [-0.2, -0.15) is 5.10 Å². The highest BCUT2D eigenvalue weighted by molar-refractivity contribution is 9.10. The van der Waals surface area contributed by atoms with Crippen LogP contribution in [0.25, 0.3) is 0 Å². The van der Waals surface area contributed by atoms with Gasteiger partial charge in [-0.3, -0.25) is 9.59 Å². The Bertz CT molecular complexity index is 928. The lowest BCUT2D eigenvalue weighted by Crippen LogP contribution is -2.21. The topological polar surface area (TPSA) is 100 Å². The molecule has 0 saturated heterocycles. The molecule has 2 amide bonds. The van der Waals surface area contributed by atoms with Crippen molar-refractivity contribution in [3.8, 4) is 11.5 Å². The first kappa shape index (κ1) is 22.4. The predicted octanol–water partition coefficient (Wildman–Crippen LogP) is 4.04. The summed E-state index contributed by atoms with van der Waals surface area (Å²) >= 11 is 3.24. The van der Waals surface area contributed by atoms with Crippen LogP contribution in [0.3, 0.4) is 0 Å². The first-order valence-corrected chi connectivity index (χ1v) is 9.93. The van der Waals surface area contributed by atoms with Crippen LogP contribution in [-0.4, -0.2) is 29.7 Å². The number of anilines is 1. The molecule has 0 aliphatic carbocycles. The summed E-state index contributed by atoms with van der Waals surface area (Å²) in [5.74, 6) is -0.289. The summed E-state index contributed by atoms with van der Waals surface area (Å²) in [5, 5.41) is 16.6. The van der Waals surface area contributed by atoms with Crippen LogP contribution in [-0.2, 0) is 9.59 Å². The number of phenolic OH excluding ortho intramolecular Hbond substituents is 1. The van der Waals surface area contributed by atoms with E-state index in [-0.39, 0.29) is 30.4 Å². The number of hydrazone groups is 1. The second kappa shape index (κ2) is 10.6. The molecule has 3 N–H and O–H groups in total. The summed E-state index contributed by atoms with van der Waals surface area (Å²) in [6.07, 6.45) is 1.49. The van der Waals surface area contributed by atoms with Gasteiger partial charge >= 0.3 is 0 Å². The maximum absolute atomic E-state index is 12.1. The largest absolute Gasteiger partial charge is 0.503 e. The molecule has 0 spiro atoms. The molecule has 0 saturated carbocycles. The second-order valence-corrected chi connectivity index (χ2v) is 7.30. The van der Waals surface area contributed by atoms with E-state index in [1.165, 1.54) is 6.21 Å². The SMILES string of the molecule is CCOc1cc(C=NNC(=O)CCC(=O)Nc2cc(C)ccc2C)cc(Br)c1O. The van der Waals surface area contributed by atoms with E-state index in [0.717, 1.165) is 16.8 Å². The molecule has 0 bridgehead atoms. The number of nitrogens with zero attached hydrogens (tertiary/aromatic N) is 1. The Kier molecular flexibility index (Phi) is 8.21. The van der Waals surface area contributed by atoms with Crippen LogP contribution in [0, 0.1) is 13.8 Å². The van der Waals surface area contributed by atoms with Crippen LogP contribution in [0.15, 0.2) is 39.9 Å². The maximum Gasteiger partial charge on any atom is 0.240 e. The monoisotopic (exact) mass is 461 g/mol. The molecule has 2 rings (SSSR count). The van der Waals surface area contributed by atoms with E-state index in [1.807, 2.05) is 39.0 Å². The molecule has 2 aromatic carbocycles. The molecule has 0 atom stereocenters. The number of hydrogen-bond acceptors (Lipinski definition) is 5. The fourth-order valence-electron chi connectivity index (χ4n) is 2.48. The van der Waals surface area contributed by atoms with E-state index < -0.39 is 0 Å². The Balaban J connectivity index is 1.85. The first-order valence-electron chi connectivity index (χ1n) is 9.14. The third-order valence-corrected chi connectivity index (χ3v) is 4.60. The zero-order valence-electron chi connectivity index (χ0n) is 16.6. The number of nitrogens with one attached hydrogen (secondary N) is 2. The normalized spacial score (nSPS) is 10.8. The summed E-state index contributed by atoms with van der Waals surface area (Å²) in [4.78, 5) is 24.0. The van der Waals surface area contributed by atoms with Crippen molar-refractivity contribution in [3.63, 3.8) is 0 Å². The molecule has 8 heteroatoms. The van der Waals surface area contributed by atoms with Gasteiger partial charge in [0.2, 0.25) is 11.8 Å². The number of phenols is 1. The van der Waals surface area contributed by atoms with Gasteiger partial charge in [0, 0.05) is 18.5 Å². The van der Waals surface area contributed by atoms with E-state index in [4.69, 9.17) is 4.74 Å². The van der Waals surface area contributed by atoms with Crippen molar-refractivity contribution in [2.75, 3.05) is 11.9 Å².